The first-order valence-corrected chi connectivity index (χ1v) is 8.94. The monoisotopic (exact) mass is 303 g/mol. The van der Waals surface area contributed by atoms with Crippen LogP contribution in [-0.2, 0) is 19.4 Å². The lowest BCUT2D eigenvalue weighted by molar-refractivity contribution is -0.148. The van der Waals surface area contributed by atoms with Gasteiger partial charge in [-0.3, -0.25) is 9.59 Å². The minimum atomic E-state index is -3.13. The highest BCUT2D eigenvalue weighted by molar-refractivity contribution is 7.91. The van der Waals surface area contributed by atoms with Gasteiger partial charge in [-0.05, 0) is 19.3 Å². The maximum atomic E-state index is 12.5. The van der Waals surface area contributed by atoms with E-state index in [4.69, 9.17) is 5.11 Å². The summed E-state index contributed by atoms with van der Waals surface area (Å²) < 4.78 is 23.1. The molecule has 1 heterocycles. The van der Waals surface area contributed by atoms with Gasteiger partial charge >= 0.3 is 5.97 Å². The van der Waals surface area contributed by atoms with Crippen LogP contribution in [0.5, 0.6) is 0 Å². The molecule has 0 aromatic heterocycles. The van der Waals surface area contributed by atoms with Gasteiger partial charge in [-0.2, -0.15) is 0 Å². The van der Waals surface area contributed by atoms with Gasteiger partial charge in [-0.1, -0.05) is 19.3 Å². The highest BCUT2D eigenvalue weighted by Gasteiger charge is 2.37. The van der Waals surface area contributed by atoms with E-state index in [0.29, 0.717) is 6.42 Å². The number of hydrogen-bond donors (Lipinski definition) is 1. The first kappa shape index (κ1) is 15.3. The van der Waals surface area contributed by atoms with Gasteiger partial charge in [0.2, 0.25) is 5.91 Å². The Morgan fingerprint density at radius 3 is 2.25 bits per heavy atom. The summed E-state index contributed by atoms with van der Waals surface area (Å²) in [5.41, 5.74) is 0. The zero-order valence-electron chi connectivity index (χ0n) is 11.5. The Morgan fingerprint density at radius 2 is 1.75 bits per heavy atom. The molecule has 1 saturated heterocycles. The molecule has 1 N–H and O–H groups in total. The fourth-order valence-corrected chi connectivity index (χ4v) is 4.87. The minimum Gasteiger partial charge on any atom is -0.480 e. The van der Waals surface area contributed by atoms with Crippen LogP contribution in [0.15, 0.2) is 0 Å². The Morgan fingerprint density at radius 1 is 1.10 bits per heavy atom. The van der Waals surface area contributed by atoms with Crippen molar-refractivity contribution in [2.45, 2.75) is 44.6 Å². The fraction of sp³-hybridized carbons (Fsp3) is 0.846. The van der Waals surface area contributed by atoms with Gasteiger partial charge in [-0.15, -0.1) is 0 Å². The third-order valence-corrected chi connectivity index (χ3v) is 5.94. The molecule has 2 fully saturated rings. The number of aliphatic carboxylic acids is 1. The van der Waals surface area contributed by atoms with E-state index in [9.17, 15) is 18.0 Å². The summed E-state index contributed by atoms with van der Waals surface area (Å²) in [5, 5.41) is 8.98. The van der Waals surface area contributed by atoms with Crippen LogP contribution in [0.4, 0.5) is 0 Å². The first-order valence-electron chi connectivity index (χ1n) is 7.12. The third-order valence-electron chi connectivity index (χ3n) is 4.19. The number of carboxylic acid groups (broad SMARTS) is 1. The molecular weight excluding hydrogens is 282 g/mol. The van der Waals surface area contributed by atoms with Crippen molar-refractivity contribution in [2.75, 3.05) is 18.1 Å². The van der Waals surface area contributed by atoms with Crippen LogP contribution in [0, 0.1) is 5.92 Å². The lowest BCUT2D eigenvalue weighted by Crippen LogP contribution is -2.47. The molecule has 20 heavy (non-hydrogen) atoms. The predicted octanol–water partition coefficient (Wildman–Crippen LogP) is 0.667. The average molecular weight is 303 g/mol. The SMILES string of the molecule is O=C(O)CN(C(=O)C1CCCCC1)C1CCS(=O)(=O)C1. The summed E-state index contributed by atoms with van der Waals surface area (Å²) in [7, 11) is -3.13. The Labute approximate surface area is 119 Å². The molecule has 2 aliphatic rings. The summed E-state index contributed by atoms with van der Waals surface area (Å²) in [6.07, 6.45) is 5.01. The highest BCUT2D eigenvalue weighted by atomic mass is 32.2. The lowest BCUT2D eigenvalue weighted by Gasteiger charge is -2.32. The van der Waals surface area contributed by atoms with Crippen molar-refractivity contribution in [1.82, 2.24) is 4.90 Å². The van der Waals surface area contributed by atoms with Crippen LogP contribution >= 0.6 is 0 Å². The molecule has 1 unspecified atom stereocenters. The van der Waals surface area contributed by atoms with Gasteiger partial charge in [0, 0.05) is 12.0 Å². The minimum absolute atomic E-state index is 0.0474. The van der Waals surface area contributed by atoms with E-state index in [1.54, 1.807) is 0 Å². The number of nitrogens with zero attached hydrogens (tertiary/aromatic N) is 1. The van der Waals surface area contributed by atoms with E-state index in [2.05, 4.69) is 0 Å². The smallest absolute Gasteiger partial charge is 0.323 e. The molecule has 0 aromatic rings. The second-order valence-corrected chi connectivity index (χ2v) is 7.98. The van der Waals surface area contributed by atoms with Crippen LogP contribution in [0.1, 0.15) is 38.5 Å². The quantitative estimate of drug-likeness (QED) is 0.824. The fourth-order valence-electron chi connectivity index (χ4n) is 3.14. The predicted molar refractivity (Wildman–Crippen MR) is 73.0 cm³/mol. The van der Waals surface area contributed by atoms with Crippen LogP contribution in [0.25, 0.3) is 0 Å². The topological polar surface area (TPSA) is 91.8 Å². The molecule has 6 nitrogen and oxygen atoms in total. The molecule has 0 radical (unpaired) electrons. The number of sulfone groups is 1. The average Bonchev–Trinajstić information content (AvgIpc) is 2.76. The summed E-state index contributed by atoms with van der Waals surface area (Å²) in [6, 6.07) is -0.467. The van der Waals surface area contributed by atoms with Crippen LogP contribution in [0.3, 0.4) is 0 Å². The molecular formula is C13H21NO5S. The number of carbonyl (C=O) groups excluding carboxylic acids is 1. The van der Waals surface area contributed by atoms with E-state index in [1.165, 1.54) is 4.90 Å². The van der Waals surface area contributed by atoms with E-state index in [1.807, 2.05) is 0 Å². The van der Waals surface area contributed by atoms with Crippen molar-refractivity contribution >= 4 is 21.7 Å². The third kappa shape index (κ3) is 3.71. The van der Waals surface area contributed by atoms with Crippen molar-refractivity contribution in [3.63, 3.8) is 0 Å². The summed E-state index contributed by atoms with van der Waals surface area (Å²) in [5.74, 6) is -1.44. The van der Waals surface area contributed by atoms with Crippen molar-refractivity contribution in [3.05, 3.63) is 0 Å². The number of hydrogen-bond acceptors (Lipinski definition) is 4. The zero-order chi connectivity index (χ0) is 14.8. The second-order valence-electron chi connectivity index (χ2n) is 5.75. The molecule has 7 heteroatoms. The van der Waals surface area contributed by atoms with Crippen LogP contribution < -0.4 is 0 Å². The van der Waals surface area contributed by atoms with Gasteiger partial charge in [0.1, 0.15) is 6.54 Å². The molecule has 2 rings (SSSR count). The number of carboxylic acids is 1. The lowest BCUT2D eigenvalue weighted by atomic mass is 9.88. The van der Waals surface area contributed by atoms with Crippen molar-refractivity contribution in [3.8, 4) is 0 Å². The van der Waals surface area contributed by atoms with Crippen LogP contribution in [-0.4, -0.2) is 54.4 Å². The Bertz CT molecular complexity index is 481. The van der Waals surface area contributed by atoms with Gasteiger partial charge in [0.05, 0.1) is 11.5 Å². The molecule has 114 valence electrons. The Kier molecular flexibility index (Phi) is 4.67. The van der Waals surface area contributed by atoms with Crippen molar-refractivity contribution in [2.24, 2.45) is 5.92 Å². The molecule has 1 saturated carbocycles. The largest absolute Gasteiger partial charge is 0.480 e. The van der Waals surface area contributed by atoms with Crippen LogP contribution in [0.2, 0.25) is 0 Å². The first-order chi connectivity index (χ1) is 9.39. The normalized spacial score (nSPS) is 26.3. The molecule has 0 bridgehead atoms. The van der Waals surface area contributed by atoms with E-state index in [-0.39, 0.29) is 23.3 Å². The molecule has 0 spiro atoms. The summed E-state index contributed by atoms with van der Waals surface area (Å²) in [4.78, 5) is 24.8. The van der Waals surface area contributed by atoms with Gasteiger partial charge in [0.15, 0.2) is 9.84 Å². The molecule has 0 aromatic carbocycles. The Hall–Kier alpha value is -1.11. The number of amides is 1. The molecule has 1 atom stereocenters. The zero-order valence-corrected chi connectivity index (χ0v) is 12.3. The second kappa shape index (κ2) is 6.11. The van der Waals surface area contributed by atoms with E-state index >= 15 is 0 Å². The molecule has 1 aliphatic heterocycles. The Balaban J connectivity index is 2.10. The van der Waals surface area contributed by atoms with E-state index < -0.39 is 28.4 Å². The highest BCUT2D eigenvalue weighted by Crippen LogP contribution is 2.28. The maximum absolute atomic E-state index is 12.5. The number of rotatable bonds is 4. The maximum Gasteiger partial charge on any atom is 0.323 e. The van der Waals surface area contributed by atoms with Gasteiger partial charge in [-0.25, -0.2) is 8.42 Å². The van der Waals surface area contributed by atoms with Crippen molar-refractivity contribution < 1.29 is 23.1 Å². The molecule has 1 aliphatic carbocycles. The van der Waals surface area contributed by atoms with E-state index in [0.717, 1.165) is 32.1 Å². The van der Waals surface area contributed by atoms with Gasteiger partial charge < -0.3 is 10.0 Å². The van der Waals surface area contributed by atoms with Crippen molar-refractivity contribution in [1.29, 1.82) is 0 Å². The molecule has 1 amide bonds. The summed E-state index contributed by atoms with van der Waals surface area (Å²) >= 11 is 0. The summed E-state index contributed by atoms with van der Waals surface area (Å²) in [6.45, 7) is -0.393. The number of carbonyl (C=O) groups is 2. The standard InChI is InChI=1S/C13H21NO5S/c15-12(16)8-14(11-6-7-20(18,19)9-11)13(17)10-4-2-1-3-5-10/h10-11H,1-9H2,(H,15,16). The van der Waals surface area contributed by atoms with Gasteiger partial charge in [0.25, 0.3) is 0 Å².